The Labute approximate surface area is 127 Å². The first kappa shape index (κ1) is 17.2. The van der Waals surface area contributed by atoms with Crippen LogP contribution in [0, 0.1) is 0 Å². The molecule has 5 nitrogen and oxygen atoms in total. The van der Waals surface area contributed by atoms with Gasteiger partial charge < -0.3 is 24.4 Å². The Bertz CT molecular complexity index is 286. The van der Waals surface area contributed by atoms with Crippen molar-refractivity contribution >= 4 is 0 Å². The summed E-state index contributed by atoms with van der Waals surface area (Å²) in [5, 5.41) is 19.3. The molecule has 0 saturated carbocycles. The van der Waals surface area contributed by atoms with Crippen LogP contribution < -0.4 is 0 Å². The summed E-state index contributed by atoms with van der Waals surface area (Å²) in [5.41, 5.74) is 0. The number of rotatable bonds is 9. The summed E-state index contributed by atoms with van der Waals surface area (Å²) in [6.45, 7) is 2.40. The van der Waals surface area contributed by atoms with Crippen molar-refractivity contribution in [2.45, 2.75) is 89.0 Å². The lowest BCUT2D eigenvalue weighted by Gasteiger charge is -2.37. The number of unbranched alkanes of at least 4 members (excludes halogenated alkanes) is 6. The lowest BCUT2D eigenvalue weighted by Crippen LogP contribution is -2.52. The third-order valence-corrected chi connectivity index (χ3v) is 4.39. The molecule has 2 fully saturated rings. The molecule has 2 heterocycles. The molecule has 5 heteroatoms. The van der Waals surface area contributed by atoms with E-state index in [0.29, 0.717) is 0 Å². The molecular weight excluding hydrogens is 272 g/mol. The van der Waals surface area contributed by atoms with E-state index in [1.807, 2.05) is 0 Å². The Morgan fingerprint density at radius 3 is 2.38 bits per heavy atom. The fourth-order valence-corrected chi connectivity index (χ4v) is 3.14. The third kappa shape index (κ3) is 4.89. The fourth-order valence-electron chi connectivity index (χ4n) is 3.14. The van der Waals surface area contributed by atoms with Crippen LogP contribution in [0.3, 0.4) is 0 Å². The van der Waals surface area contributed by atoms with E-state index in [1.54, 1.807) is 0 Å². The highest BCUT2D eigenvalue weighted by Crippen LogP contribution is 2.30. The zero-order valence-corrected chi connectivity index (χ0v) is 13.1. The van der Waals surface area contributed by atoms with Crippen LogP contribution in [-0.2, 0) is 14.2 Å². The topological polar surface area (TPSA) is 68.2 Å². The van der Waals surface area contributed by atoms with Crippen LogP contribution in [0.5, 0.6) is 0 Å². The summed E-state index contributed by atoms with van der Waals surface area (Å²) < 4.78 is 17.0. The maximum atomic E-state index is 9.86. The quantitative estimate of drug-likeness (QED) is 0.638. The molecule has 0 spiro atoms. The first-order valence-electron chi connectivity index (χ1n) is 8.47. The summed E-state index contributed by atoms with van der Waals surface area (Å²) in [6.07, 6.45) is 7.55. The van der Waals surface area contributed by atoms with Crippen molar-refractivity contribution in [3.05, 3.63) is 0 Å². The first-order valence-corrected chi connectivity index (χ1v) is 8.47. The summed E-state index contributed by atoms with van der Waals surface area (Å²) in [7, 11) is 0. The Kier molecular flexibility index (Phi) is 7.40. The Hall–Kier alpha value is -0.200. The van der Waals surface area contributed by atoms with E-state index >= 15 is 0 Å². The zero-order valence-electron chi connectivity index (χ0n) is 13.1. The van der Waals surface area contributed by atoms with Crippen LogP contribution in [0.15, 0.2) is 0 Å². The molecule has 124 valence electrons. The van der Waals surface area contributed by atoms with Crippen molar-refractivity contribution in [2.75, 3.05) is 13.2 Å². The molecule has 2 N–H and O–H groups in total. The van der Waals surface area contributed by atoms with Crippen LogP contribution >= 0.6 is 0 Å². The average molecular weight is 302 g/mol. The van der Waals surface area contributed by atoms with Gasteiger partial charge in [-0.15, -0.1) is 0 Å². The van der Waals surface area contributed by atoms with Gasteiger partial charge in [-0.3, -0.25) is 0 Å². The smallest absolute Gasteiger partial charge is 0.158 e. The van der Waals surface area contributed by atoms with Gasteiger partial charge in [0.2, 0.25) is 0 Å². The molecule has 2 rings (SSSR count). The molecule has 0 bridgehead atoms. The number of aliphatic hydroxyl groups excluding tert-OH is 2. The van der Waals surface area contributed by atoms with E-state index in [9.17, 15) is 10.2 Å². The molecule has 5 atom stereocenters. The van der Waals surface area contributed by atoms with E-state index in [-0.39, 0.29) is 37.8 Å². The number of ether oxygens (including phenoxy) is 3. The summed E-state index contributed by atoms with van der Waals surface area (Å²) in [4.78, 5) is 0. The minimum absolute atomic E-state index is 0.0925. The van der Waals surface area contributed by atoms with Crippen molar-refractivity contribution in [1.29, 1.82) is 0 Å². The van der Waals surface area contributed by atoms with Crippen molar-refractivity contribution in [3.8, 4) is 0 Å². The Balaban J connectivity index is 1.64. The summed E-state index contributed by atoms with van der Waals surface area (Å²) in [6, 6.07) is 0. The van der Waals surface area contributed by atoms with E-state index < -0.39 is 6.10 Å². The van der Waals surface area contributed by atoms with Crippen LogP contribution in [0.2, 0.25) is 0 Å². The van der Waals surface area contributed by atoms with Crippen LogP contribution in [-0.4, -0.2) is 54.1 Å². The summed E-state index contributed by atoms with van der Waals surface area (Å²) in [5.74, 6) is 0. The average Bonchev–Trinajstić information content (AvgIpc) is 2.87. The minimum Gasteiger partial charge on any atom is -0.394 e. The standard InChI is InChI=1S/C16H30O5/c1-2-3-4-5-6-7-8-9-14-20-13(10-17)16-15(21-14)12(18)11-19-16/h12-18H,2-11H2,1H3/t12-,13+,14?,15+,16+/m0/s1. The lowest BCUT2D eigenvalue weighted by atomic mass is 10.0. The second-order valence-corrected chi connectivity index (χ2v) is 6.16. The van der Waals surface area contributed by atoms with Gasteiger partial charge in [-0.1, -0.05) is 45.4 Å². The maximum absolute atomic E-state index is 9.86. The van der Waals surface area contributed by atoms with Crippen molar-refractivity contribution in [2.24, 2.45) is 0 Å². The number of fused-ring (bicyclic) bond motifs is 1. The molecule has 2 aliphatic heterocycles. The second-order valence-electron chi connectivity index (χ2n) is 6.16. The lowest BCUT2D eigenvalue weighted by molar-refractivity contribution is -0.285. The van der Waals surface area contributed by atoms with Gasteiger partial charge in [0.25, 0.3) is 0 Å². The molecule has 2 aliphatic rings. The van der Waals surface area contributed by atoms with Gasteiger partial charge in [-0.05, 0) is 12.8 Å². The zero-order chi connectivity index (χ0) is 15.1. The van der Waals surface area contributed by atoms with Gasteiger partial charge in [0.1, 0.15) is 24.4 Å². The Morgan fingerprint density at radius 1 is 0.952 bits per heavy atom. The second kappa shape index (κ2) is 9.06. The molecule has 0 radical (unpaired) electrons. The van der Waals surface area contributed by atoms with Crippen molar-refractivity contribution in [3.63, 3.8) is 0 Å². The molecule has 0 aromatic carbocycles. The first-order chi connectivity index (χ1) is 10.3. The van der Waals surface area contributed by atoms with Crippen molar-refractivity contribution in [1.82, 2.24) is 0 Å². The van der Waals surface area contributed by atoms with Gasteiger partial charge in [0, 0.05) is 0 Å². The molecule has 0 aromatic rings. The highest BCUT2D eigenvalue weighted by molar-refractivity contribution is 4.92. The van der Waals surface area contributed by atoms with E-state index in [0.717, 1.165) is 12.8 Å². The van der Waals surface area contributed by atoms with E-state index in [1.165, 1.54) is 38.5 Å². The normalized spacial score (nSPS) is 35.9. The maximum Gasteiger partial charge on any atom is 0.158 e. The SMILES string of the molecule is CCCCCCCCCC1O[C@H]2[C@H](OC[C@@H]2O)[C@@H](CO)O1. The highest BCUT2D eigenvalue weighted by Gasteiger charge is 2.47. The van der Waals surface area contributed by atoms with Gasteiger partial charge in [0.05, 0.1) is 13.2 Å². The minimum atomic E-state index is -0.607. The molecule has 21 heavy (non-hydrogen) atoms. The third-order valence-electron chi connectivity index (χ3n) is 4.39. The Morgan fingerprint density at radius 2 is 1.67 bits per heavy atom. The van der Waals surface area contributed by atoms with Gasteiger partial charge in [0.15, 0.2) is 6.29 Å². The monoisotopic (exact) mass is 302 g/mol. The highest BCUT2D eigenvalue weighted by atomic mass is 16.7. The fraction of sp³-hybridized carbons (Fsp3) is 1.00. The van der Waals surface area contributed by atoms with Crippen LogP contribution in [0.4, 0.5) is 0 Å². The number of hydrogen-bond donors (Lipinski definition) is 2. The van der Waals surface area contributed by atoms with Crippen LogP contribution in [0.25, 0.3) is 0 Å². The van der Waals surface area contributed by atoms with E-state index in [4.69, 9.17) is 14.2 Å². The molecule has 0 amide bonds. The predicted octanol–water partition coefficient (Wildman–Crippen LogP) is 1.99. The van der Waals surface area contributed by atoms with Crippen LogP contribution in [0.1, 0.15) is 58.3 Å². The van der Waals surface area contributed by atoms with Gasteiger partial charge >= 0.3 is 0 Å². The number of hydrogen-bond acceptors (Lipinski definition) is 5. The molecule has 2 saturated heterocycles. The molecule has 1 unspecified atom stereocenters. The van der Waals surface area contributed by atoms with E-state index in [2.05, 4.69) is 6.92 Å². The van der Waals surface area contributed by atoms with Gasteiger partial charge in [-0.25, -0.2) is 0 Å². The largest absolute Gasteiger partial charge is 0.394 e. The molecule has 0 aliphatic carbocycles. The molecule has 0 aromatic heterocycles. The number of aliphatic hydroxyl groups is 2. The predicted molar refractivity (Wildman–Crippen MR) is 79.0 cm³/mol. The van der Waals surface area contributed by atoms with Gasteiger partial charge in [-0.2, -0.15) is 0 Å². The van der Waals surface area contributed by atoms with Crippen molar-refractivity contribution < 1.29 is 24.4 Å². The molecular formula is C16H30O5. The summed E-state index contributed by atoms with van der Waals surface area (Å²) >= 11 is 0.